The molecule has 0 rings (SSSR count). The van der Waals surface area contributed by atoms with Gasteiger partial charge in [-0.25, -0.2) is 0 Å². The smallest absolute Gasteiger partial charge is 0.107 e. The van der Waals surface area contributed by atoms with E-state index in [1.807, 2.05) is 0 Å². The molecule has 0 radical (unpaired) electrons. The van der Waals surface area contributed by atoms with Gasteiger partial charge in [0.2, 0.25) is 0 Å². The molecule has 0 fully saturated rings. The van der Waals surface area contributed by atoms with E-state index >= 15 is 0 Å². The molecule has 0 aromatic carbocycles. The van der Waals surface area contributed by atoms with Crippen molar-refractivity contribution in [1.82, 2.24) is 0 Å². The van der Waals surface area contributed by atoms with Gasteiger partial charge in [-0.05, 0) is 0 Å². The van der Waals surface area contributed by atoms with E-state index in [2.05, 4.69) is 41.0 Å². The van der Waals surface area contributed by atoms with E-state index in [1.54, 1.807) is 0 Å². The fraction of sp³-hybridized carbons (Fsp3) is 1.00. The molecule has 0 spiro atoms. The Hall–Kier alpha value is 1.31. The first-order valence-electron chi connectivity index (χ1n) is 17.6. The van der Waals surface area contributed by atoms with Gasteiger partial charge in [-0.2, -0.15) is 0 Å². The second-order valence-electron chi connectivity index (χ2n) is 13.7. The standard InChI is InChI=1S/C34H74O3P2.HI/c1-7-9-11-13-15-17-19-21-23-25-27-29-31-34(39(35,36)37,38(5,6)33(3)4)32-30-28-26-24-22-20-18-16-14-12-10-8-2;/h33,38H,7-32H2,1-6H3,(H2,35,36,37);1H. The average Bonchev–Trinajstić information content (AvgIpc) is 2.87. The number of hydrogen-bond acceptors (Lipinski definition) is 1. The quantitative estimate of drug-likeness (QED) is 0.0459. The topological polar surface area (TPSA) is 57.5 Å². The molecule has 0 saturated carbocycles. The molecule has 40 heavy (non-hydrogen) atoms. The number of rotatable bonds is 29. The minimum atomic E-state index is -4.19. The SMILES string of the molecule is CCCCCCCCCCCCCCC(CCCCCCCCCCCCCC)(P(=O)(O)O)[PH](C)(C)C(C)C.I. The molecule has 6 heteroatoms. The molecule has 0 aliphatic heterocycles. The molecular formula is C34H75IO3P2. The molecule has 246 valence electrons. The molecule has 0 unspecified atom stereocenters. The van der Waals surface area contributed by atoms with Crippen LogP contribution in [-0.4, -0.2) is 33.7 Å². The van der Waals surface area contributed by atoms with Crippen molar-refractivity contribution in [3.8, 4) is 0 Å². The van der Waals surface area contributed by atoms with Gasteiger partial charge in [0.25, 0.3) is 0 Å². The van der Waals surface area contributed by atoms with Crippen LogP contribution >= 0.6 is 38.8 Å². The Morgan fingerprint density at radius 3 is 0.950 bits per heavy atom. The van der Waals surface area contributed by atoms with Crippen molar-refractivity contribution in [3.05, 3.63) is 0 Å². The van der Waals surface area contributed by atoms with Gasteiger partial charge in [0, 0.05) is 0 Å². The Labute approximate surface area is 270 Å². The first kappa shape index (κ1) is 43.4. The van der Waals surface area contributed by atoms with Crippen LogP contribution in [-0.2, 0) is 4.57 Å². The molecule has 3 nitrogen and oxygen atoms in total. The van der Waals surface area contributed by atoms with Crippen LogP contribution in [0.5, 0.6) is 0 Å². The van der Waals surface area contributed by atoms with Gasteiger partial charge in [0.1, 0.15) is 0 Å². The summed E-state index contributed by atoms with van der Waals surface area (Å²) in [7, 11) is -6.34. The molecule has 0 aliphatic carbocycles. The van der Waals surface area contributed by atoms with Crippen LogP contribution in [0.3, 0.4) is 0 Å². The van der Waals surface area contributed by atoms with E-state index in [1.165, 1.54) is 128 Å². The maximum absolute atomic E-state index is 13.2. The summed E-state index contributed by atoms with van der Waals surface area (Å²) in [5.74, 6) is 0. The molecule has 2 N–H and O–H groups in total. The van der Waals surface area contributed by atoms with Gasteiger partial charge < -0.3 is 0 Å². The normalized spacial score (nSPS) is 13.1. The molecule has 0 bridgehead atoms. The number of hydrogen-bond donors (Lipinski definition) is 2. The van der Waals surface area contributed by atoms with Gasteiger partial charge in [-0.15, -0.1) is 24.0 Å². The van der Waals surface area contributed by atoms with Gasteiger partial charge in [0.15, 0.2) is 0 Å². The summed E-state index contributed by atoms with van der Waals surface area (Å²) in [6.45, 7) is 13.5. The van der Waals surface area contributed by atoms with E-state index in [0.717, 1.165) is 38.5 Å². The van der Waals surface area contributed by atoms with Crippen molar-refractivity contribution < 1.29 is 14.4 Å². The average molecular weight is 721 g/mol. The van der Waals surface area contributed by atoms with Crippen molar-refractivity contribution in [3.63, 3.8) is 0 Å². The maximum atomic E-state index is 13.2. The molecule has 0 saturated heterocycles. The number of unbranched alkanes of at least 4 members (excludes halogenated alkanes) is 22. The second kappa shape index (κ2) is 26.7. The summed E-state index contributed by atoms with van der Waals surface area (Å²) in [6.07, 6.45) is 32.5. The minimum absolute atomic E-state index is 0. The Kier molecular flexibility index (Phi) is 29.0. The minimum Gasteiger partial charge on any atom is -0.107 e. The van der Waals surface area contributed by atoms with E-state index < -0.39 is 19.8 Å². The van der Waals surface area contributed by atoms with Crippen LogP contribution in [0.4, 0.5) is 0 Å². The Bertz CT molecular complexity index is 564. The van der Waals surface area contributed by atoms with Crippen molar-refractivity contribution >= 4 is 38.8 Å². The van der Waals surface area contributed by atoms with E-state index in [0.29, 0.717) is 5.66 Å². The van der Waals surface area contributed by atoms with Crippen LogP contribution in [0.25, 0.3) is 0 Å². The zero-order valence-electron chi connectivity index (χ0n) is 28.1. The summed E-state index contributed by atoms with van der Waals surface area (Å²) in [5.41, 5.74) is 0.375. The second-order valence-corrected chi connectivity index (χ2v) is 21.7. The van der Waals surface area contributed by atoms with Gasteiger partial charge in [-0.1, -0.05) is 39.5 Å². The summed E-state index contributed by atoms with van der Waals surface area (Å²) in [6, 6.07) is 0. The van der Waals surface area contributed by atoms with Crippen LogP contribution < -0.4 is 0 Å². The third-order valence-corrected chi connectivity index (χ3v) is 20.0. The summed E-state index contributed by atoms with van der Waals surface area (Å²) in [5, 5.41) is 0. The third-order valence-electron chi connectivity index (χ3n) is 10.1. The van der Waals surface area contributed by atoms with Crippen LogP contribution in [0, 0.1) is 0 Å². The molecule has 0 aromatic heterocycles. The first-order chi connectivity index (χ1) is 18.6. The molecule has 0 aromatic rings. The van der Waals surface area contributed by atoms with E-state index in [4.69, 9.17) is 0 Å². The van der Waals surface area contributed by atoms with E-state index in [-0.39, 0.29) is 24.0 Å². The van der Waals surface area contributed by atoms with E-state index in [9.17, 15) is 14.4 Å². The molecule has 0 amide bonds. The molecular weight excluding hydrogens is 645 g/mol. The zero-order valence-corrected chi connectivity index (χ0v) is 32.3. The van der Waals surface area contributed by atoms with Gasteiger partial charge >= 0.3 is 208 Å². The van der Waals surface area contributed by atoms with Crippen molar-refractivity contribution in [1.29, 1.82) is 0 Å². The fourth-order valence-electron chi connectivity index (χ4n) is 6.49. The fourth-order valence-corrected chi connectivity index (χ4v) is 13.9. The van der Waals surface area contributed by atoms with Gasteiger partial charge in [0.05, 0.1) is 0 Å². The monoisotopic (exact) mass is 720 g/mol. The Morgan fingerprint density at radius 2 is 0.750 bits per heavy atom. The first-order valence-corrected chi connectivity index (χ1v) is 22.3. The predicted molar refractivity (Wildman–Crippen MR) is 197 cm³/mol. The van der Waals surface area contributed by atoms with Crippen LogP contribution in [0.1, 0.15) is 195 Å². The molecule has 0 atom stereocenters. The van der Waals surface area contributed by atoms with Crippen molar-refractivity contribution in [2.45, 2.75) is 205 Å². The predicted octanol–water partition coefficient (Wildman–Crippen LogP) is 13.1. The van der Waals surface area contributed by atoms with Crippen LogP contribution in [0.15, 0.2) is 0 Å². The van der Waals surface area contributed by atoms with Crippen molar-refractivity contribution in [2.24, 2.45) is 0 Å². The third kappa shape index (κ3) is 18.9. The Morgan fingerprint density at radius 1 is 0.525 bits per heavy atom. The van der Waals surface area contributed by atoms with Crippen molar-refractivity contribution in [2.75, 3.05) is 13.3 Å². The summed E-state index contributed by atoms with van der Waals surface area (Å²) < 4.78 is 13.2. The van der Waals surface area contributed by atoms with Crippen LogP contribution in [0.2, 0.25) is 0 Å². The Balaban J connectivity index is 0. The van der Waals surface area contributed by atoms with Gasteiger partial charge in [-0.3, -0.25) is 0 Å². The largest absolute Gasteiger partial charge is 0.107 e. The maximum Gasteiger partial charge on any atom is -0.107 e. The zero-order chi connectivity index (χ0) is 29.5. The molecule has 0 aliphatic rings. The number of halogens is 1. The molecule has 0 heterocycles. The summed E-state index contributed by atoms with van der Waals surface area (Å²) >= 11 is 0. The summed E-state index contributed by atoms with van der Waals surface area (Å²) in [4.78, 5) is 20.9.